The highest BCUT2D eigenvalue weighted by Gasteiger charge is 2.23. The lowest BCUT2D eigenvalue weighted by atomic mass is 10.1. The van der Waals surface area contributed by atoms with Crippen molar-refractivity contribution >= 4 is 40.6 Å². The smallest absolute Gasteiger partial charge is 0.337 e. The third-order valence-corrected chi connectivity index (χ3v) is 4.77. The lowest BCUT2D eigenvalue weighted by molar-refractivity contribution is -0.115. The molecule has 6 heteroatoms. The van der Waals surface area contributed by atoms with E-state index in [9.17, 15) is 9.59 Å². The van der Waals surface area contributed by atoms with Crippen LogP contribution >= 0.6 is 11.8 Å². The minimum atomic E-state index is -0.388. The van der Waals surface area contributed by atoms with E-state index in [2.05, 4.69) is 22.0 Å². The zero-order chi connectivity index (χ0) is 18.5. The molecule has 1 N–H and O–H groups in total. The summed E-state index contributed by atoms with van der Waals surface area (Å²) in [5.74, 6) is -0.573. The minimum absolute atomic E-state index is 0.184. The van der Waals surface area contributed by atoms with Gasteiger partial charge in [0.2, 0.25) is 0 Å². The number of amides is 1. The molecule has 1 fully saturated rings. The Morgan fingerprint density at radius 2 is 1.85 bits per heavy atom. The predicted molar refractivity (Wildman–Crippen MR) is 104 cm³/mol. The highest BCUT2D eigenvalue weighted by molar-refractivity contribution is 8.18. The van der Waals surface area contributed by atoms with Gasteiger partial charge in [0.1, 0.15) is 0 Å². The van der Waals surface area contributed by atoms with Crippen LogP contribution in [0.4, 0.5) is 5.69 Å². The first-order valence-corrected chi connectivity index (χ1v) is 8.97. The van der Waals surface area contributed by atoms with Crippen LogP contribution < -0.4 is 5.32 Å². The van der Waals surface area contributed by atoms with Crippen LogP contribution in [-0.4, -0.2) is 24.2 Å². The molecule has 1 amide bonds. The van der Waals surface area contributed by atoms with E-state index in [0.29, 0.717) is 15.6 Å². The second-order valence-corrected chi connectivity index (χ2v) is 6.65. The second kappa shape index (κ2) is 8.01. The molecule has 0 aromatic heterocycles. The maximum Gasteiger partial charge on any atom is 0.337 e. The lowest BCUT2D eigenvalue weighted by Gasteiger charge is -2.00. The van der Waals surface area contributed by atoms with Crippen molar-refractivity contribution < 1.29 is 14.3 Å². The Labute approximate surface area is 156 Å². The summed E-state index contributed by atoms with van der Waals surface area (Å²) in [6, 6.07) is 14.8. The van der Waals surface area contributed by atoms with Gasteiger partial charge < -0.3 is 10.1 Å². The van der Waals surface area contributed by atoms with Crippen molar-refractivity contribution in [2.45, 2.75) is 13.3 Å². The number of methoxy groups -OCH3 is 1. The maximum atomic E-state index is 12.1. The van der Waals surface area contributed by atoms with E-state index in [1.807, 2.05) is 24.3 Å². The SMILES string of the molecule is CCc1ccc(N=C2NC(=O)/C(=C/c3ccc(C(=O)OC)cc3)S2)cc1. The molecule has 0 spiro atoms. The number of ether oxygens (including phenoxy) is 1. The van der Waals surface area contributed by atoms with Gasteiger partial charge in [-0.25, -0.2) is 9.79 Å². The van der Waals surface area contributed by atoms with Crippen molar-refractivity contribution in [3.8, 4) is 0 Å². The third-order valence-electron chi connectivity index (χ3n) is 3.86. The number of esters is 1. The molecule has 0 unspecified atom stereocenters. The fourth-order valence-electron chi connectivity index (χ4n) is 2.39. The number of carbonyl (C=O) groups excluding carboxylic acids is 2. The Morgan fingerprint density at radius 1 is 1.15 bits per heavy atom. The number of benzene rings is 2. The number of aliphatic imine (C=N–C) groups is 1. The van der Waals surface area contributed by atoms with E-state index in [1.54, 1.807) is 30.3 Å². The van der Waals surface area contributed by atoms with Gasteiger partial charge in [-0.05, 0) is 59.7 Å². The fraction of sp³-hybridized carbons (Fsp3) is 0.150. The van der Waals surface area contributed by atoms with Crippen molar-refractivity contribution in [2.24, 2.45) is 4.99 Å². The molecule has 1 aliphatic rings. The molecule has 132 valence electrons. The maximum absolute atomic E-state index is 12.1. The largest absolute Gasteiger partial charge is 0.465 e. The second-order valence-electron chi connectivity index (χ2n) is 5.62. The highest BCUT2D eigenvalue weighted by atomic mass is 32.2. The van der Waals surface area contributed by atoms with Crippen LogP contribution in [0.3, 0.4) is 0 Å². The topological polar surface area (TPSA) is 67.8 Å². The molecular formula is C20H18N2O3S. The molecule has 2 aromatic rings. The number of amidine groups is 1. The van der Waals surface area contributed by atoms with Crippen molar-refractivity contribution in [2.75, 3.05) is 7.11 Å². The van der Waals surface area contributed by atoms with Gasteiger partial charge in [0, 0.05) is 0 Å². The van der Waals surface area contributed by atoms with Gasteiger partial charge in [0.25, 0.3) is 5.91 Å². The Morgan fingerprint density at radius 3 is 2.46 bits per heavy atom. The molecule has 0 bridgehead atoms. The van der Waals surface area contributed by atoms with Gasteiger partial charge in [-0.1, -0.05) is 31.2 Å². The number of carbonyl (C=O) groups is 2. The molecule has 2 aromatic carbocycles. The highest BCUT2D eigenvalue weighted by Crippen LogP contribution is 2.28. The first kappa shape index (κ1) is 17.9. The van der Waals surface area contributed by atoms with Crippen molar-refractivity contribution in [1.29, 1.82) is 0 Å². The van der Waals surface area contributed by atoms with Crippen LogP contribution in [0.1, 0.15) is 28.4 Å². The fourth-order valence-corrected chi connectivity index (χ4v) is 3.23. The van der Waals surface area contributed by atoms with Crippen LogP contribution in [0.15, 0.2) is 58.4 Å². The summed E-state index contributed by atoms with van der Waals surface area (Å²) < 4.78 is 4.67. The Balaban J connectivity index is 1.75. The quantitative estimate of drug-likeness (QED) is 0.658. The van der Waals surface area contributed by atoms with Crippen molar-refractivity contribution in [1.82, 2.24) is 5.32 Å². The first-order chi connectivity index (χ1) is 12.6. The van der Waals surface area contributed by atoms with Crippen LogP contribution in [0.5, 0.6) is 0 Å². The van der Waals surface area contributed by atoms with Crippen LogP contribution in [0.2, 0.25) is 0 Å². The molecule has 1 saturated heterocycles. The van der Waals surface area contributed by atoms with E-state index >= 15 is 0 Å². The van der Waals surface area contributed by atoms with E-state index in [0.717, 1.165) is 17.7 Å². The van der Waals surface area contributed by atoms with Gasteiger partial charge in [-0.3, -0.25) is 4.79 Å². The molecule has 0 radical (unpaired) electrons. The summed E-state index contributed by atoms with van der Waals surface area (Å²) in [6.45, 7) is 2.10. The number of rotatable bonds is 4. The molecule has 5 nitrogen and oxygen atoms in total. The van der Waals surface area contributed by atoms with E-state index in [-0.39, 0.29) is 11.9 Å². The number of nitrogens with zero attached hydrogens (tertiary/aromatic N) is 1. The molecule has 1 aliphatic heterocycles. The molecule has 3 rings (SSSR count). The third kappa shape index (κ3) is 4.21. The molecular weight excluding hydrogens is 348 g/mol. The average Bonchev–Trinajstić information content (AvgIpc) is 3.01. The van der Waals surface area contributed by atoms with Gasteiger partial charge in [0.15, 0.2) is 5.17 Å². The van der Waals surface area contributed by atoms with E-state index in [1.165, 1.54) is 24.4 Å². The number of nitrogens with one attached hydrogen (secondary N) is 1. The number of hydrogen-bond donors (Lipinski definition) is 1. The van der Waals surface area contributed by atoms with Crippen molar-refractivity contribution in [3.05, 3.63) is 70.1 Å². The van der Waals surface area contributed by atoms with Crippen LogP contribution in [-0.2, 0) is 16.0 Å². The zero-order valence-electron chi connectivity index (χ0n) is 14.5. The molecule has 0 saturated carbocycles. The average molecular weight is 366 g/mol. The van der Waals surface area contributed by atoms with Gasteiger partial charge >= 0.3 is 5.97 Å². The van der Waals surface area contributed by atoms with Gasteiger partial charge in [-0.2, -0.15) is 0 Å². The van der Waals surface area contributed by atoms with Crippen LogP contribution in [0, 0.1) is 0 Å². The van der Waals surface area contributed by atoms with Gasteiger partial charge in [-0.15, -0.1) is 0 Å². The number of aryl methyl sites for hydroxylation is 1. The molecule has 0 aliphatic carbocycles. The minimum Gasteiger partial charge on any atom is -0.465 e. The summed E-state index contributed by atoms with van der Waals surface area (Å²) in [5.41, 5.74) is 3.33. The zero-order valence-corrected chi connectivity index (χ0v) is 15.3. The monoisotopic (exact) mass is 366 g/mol. The Bertz CT molecular complexity index is 884. The predicted octanol–water partition coefficient (Wildman–Crippen LogP) is 3.93. The molecule has 26 heavy (non-hydrogen) atoms. The molecule has 1 heterocycles. The summed E-state index contributed by atoms with van der Waals surface area (Å²) >= 11 is 1.29. The Kier molecular flexibility index (Phi) is 5.53. The standard InChI is InChI=1S/C20H18N2O3S/c1-3-13-6-10-16(11-7-13)21-20-22-18(23)17(26-20)12-14-4-8-15(9-5-14)19(24)25-2/h4-12H,3H2,1-2H3,(H,21,22,23)/b17-12-. The molecule has 0 atom stereocenters. The normalized spacial score (nSPS) is 16.8. The number of hydrogen-bond acceptors (Lipinski definition) is 5. The van der Waals surface area contributed by atoms with Gasteiger partial charge in [0.05, 0.1) is 23.3 Å². The van der Waals surface area contributed by atoms with E-state index in [4.69, 9.17) is 0 Å². The lowest BCUT2D eigenvalue weighted by Crippen LogP contribution is -2.19. The summed E-state index contributed by atoms with van der Waals surface area (Å²) in [4.78, 5) is 28.6. The first-order valence-electron chi connectivity index (χ1n) is 8.16. The van der Waals surface area contributed by atoms with Crippen molar-refractivity contribution in [3.63, 3.8) is 0 Å². The van der Waals surface area contributed by atoms with E-state index < -0.39 is 0 Å². The van der Waals surface area contributed by atoms with Crippen LogP contribution in [0.25, 0.3) is 6.08 Å². The summed E-state index contributed by atoms with van der Waals surface area (Å²) in [7, 11) is 1.34. The number of thioether (sulfide) groups is 1. The summed E-state index contributed by atoms with van der Waals surface area (Å²) in [6.07, 6.45) is 2.74. The Hall–Kier alpha value is -2.86. The summed E-state index contributed by atoms with van der Waals surface area (Å²) in [5, 5.41) is 3.32.